The van der Waals surface area contributed by atoms with Gasteiger partial charge in [-0.25, -0.2) is 4.79 Å². The van der Waals surface area contributed by atoms with E-state index in [0.29, 0.717) is 34.0 Å². The second-order valence-electron chi connectivity index (χ2n) is 7.25. The van der Waals surface area contributed by atoms with Crippen molar-refractivity contribution in [2.75, 3.05) is 14.2 Å². The van der Waals surface area contributed by atoms with Gasteiger partial charge in [0.15, 0.2) is 11.5 Å². The molecule has 0 fully saturated rings. The topological polar surface area (TPSA) is 75.0 Å². The van der Waals surface area contributed by atoms with Gasteiger partial charge in [0.1, 0.15) is 11.3 Å². The molecule has 0 bridgehead atoms. The molecule has 0 unspecified atom stereocenters. The standard InChI is InChI=1S/C26H22O6/c1-16-20-11-10-19(31-24(27)13-17-7-5-4-6-8-17)15-22(20)32-26(28)25(16)18-9-12-21(29-2)23(14-18)30-3/h4-12,14-15H,13H2,1-3H3. The molecule has 0 spiro atoms. The molecule has 0 aliphatic rings. The van der Waals surface area contributed by atoms with Crippen LogP contribution in [-0.2, 0) is 11.2 Å². The molecule has 3 aromatic carbocycles. The summed E-state index contributed by atoms with van der Waals surface area (Å²) in [6.07, 6.45) is 0.153. The maximum atomic E-state index is 12.8. The number of hydrogen-bond donors (Lipinski definition) is 0. The Morgan fingerprint density at radius 1 is 0.906 bits per heavy atom. The molecule has 0 saturated heterocycles. The predicted molar refractivity (Wildman–Crippen MR) is 122 cm³/mol. The second-order valence-corrected chi connectivity index (χ2v) is 7.25. The third-order valence-corrected chi connectivity index (χ3v) is 5.23. The summed E-state index contributed by atoms with van der Waals surface area (Å²) in [5, 5.41) is 0.747. The summed E-state index contributed by atoms with van der Waals surface area (Å²) < 4.78 is 21.7. The molecule has 0 N–H and O–H groups in total. The van der Waals surface area contributed by atoms with E-state index in [1.165, 1.54) is 7.11 Å². The molecular formula is C26H22O6. The summed E-state index contributed by atoms with van der Waals surface area (Å²) in [5.41, 5.74) is 2.57. The summed E-state index contributed by atoms with van der Waals surface area (Å²) in [6.45, 7) is 1.85. The van der Waals surface area contributed by atoms with E-state index < -0.39 is 11.6 Å². The van der Waals surface area contributed by atoms with Crippen LogP contribution in [0, 0.1) is 6.92 Å². The molecule has 6 heteroatoms. The van der Waals surface area contributed by atoms with Crippen molar-refractivity contribution in [3.8, 4) is 28.4 Å². The Balaban J connectivity index is 1.66. The first-order valence-electron chi connectivity index (χ1n) is 10.0. The Kier molecular flexibility index (Phi) is 5.94. The van der Waals surface area contributed by atoms with Crippen LogP contribution in [0.15, 0.2) is 75.9 Å². The number of benzene rings is 3. The van der Waals surface area contributed by atoms with Crippen LogP contribution in [0.4, 0.5) is 0 Å². The van der Waals surface area contributed by atoms with Crippen molar-refractivity contribution in [3.05, 3.63) is 88.3 Å². The number of fused-ring (bicyclic) bond motifs is 1. The van der Waals surface area contributed by atoms with Crippen LogP contribution in [0.3, 0.4) is 0 Å². The molecule has 32 heavy (non-hydrogen) atoms. The smallest absolute Gasteiger partial charge is 0.344 e. The van der Waals surface area contributed by atoms with Crippen molar-refractivity contribution < 1.29 is 23.4 Å². The van der Waals surface area contributed by atoms with Gasteiger partial charge in [-0.1, -0.05) is 36.4 Å². The van der Waals surface area contributed by atoms with E-state index in [0.717, 1.165) is 16.5 Å². The van der Waals surface area contributed by atoms with Crippen LogP contribution in [0.25, 0.3) is 22.1 Å². The quantitative estimate of drug-likeness (QED) is 0.245. The van der Waals surface area contributed by atoms with Gasteiger partial charge in [0.05, 0.1) is 26.2 Å². The predicted octanol–water partition coefficient (Wildman–Crippen LogP) is 4.93. The van der Waals surface area contributed by atoms with Gasteiger partial charge in [-0.2, -0.15) is 0 Å². The minimum absolute atomic E-state index is 0.153. The van der Waals surface area contributed by atoms with E-state index in [1.54, 1.807) is 43.5 Å². The van der Waals surface area contributed by atoms with Crippen LogP contribution >= 0.6 is 0 Å². The van der Waals surface area contributed by atoms with Crippen molar-refractivity contribution in [1.29, 1.82) is 0 Å². The maximum Gasteiger partial charge on any atom is 0.344 e. The van der Waals surface area contributed by atoms with Crippen molar-refractivity contribution in [3.63, 3.8) is 0 Å². The fourth-order valence-corrected chi connectivity index (χ4v) is 3.66. The summed E-state index contributed by atoms with van der Waals surface area (Å²) in [7, 11) is 3.09. The Morgan fingerprint density at radius 2 is 1.66 bits per heavy atom. The molecule has 4 aromatic rings. The average molecular weight is 430 g/mol. The van der Waals surface area contributed by atoms with Crippen LogP contribution in [0.2, 0.25) is 0 Å². The minimum Gasteiger partial charge on any atom is -0.493 e. The lowest BCUT2D eigenvalue weighted by molar-refractivity contribution is -0.133. The summed E-state index contributed by atoms with van der Waals surface area (Å²) in [5.74, 6) is 1.02. The van der Waals surface area contributed by atoms with E-state index in [2.05, 4.69) is 0 Å². The largest absolute Gasteiger partial charge is 0.493 e. The lowest BCUT2D eigenvalue weighted by Gasteiger charge is -2.12. The lowest BCUT2D eigenvalue weighted by atomic mass is 9.99. The number of hydrogen-bond acceptors (Lipinski definition) is 6. The van der Waals surface area contributed by atoms with E-state index in [9.17, 15) is 9.59 Å². The fourth-order valence-electron chi connectivity index (χ4n) is 3.66. The van der Waals surface area contributed by atoms with Crippen molar-refractivity contribution >= 4 is 16.9 Å². The highest BCUT2D eigenvalue weighted by molar-refractivity contribution is 5.88. The number of esters is 1. The zero-order valence-electron chi connectivity index (χ0n) is 18.0. The fraction of sp³-hybridized carbons (Fsp3) is 0.154. The Bertz CT molecular complexity index is 1340. The molecule has 6 nitrogen and oxygen atoms in total. The first kappa shape index (κ1) is 21.2. The monoisotopic (exact) mass is 430 g/mol. The maximum absolute atomic E-state index is 12.8. The molecule has 4 rings (SSSR count). The number of aryl methyl sites for hydroxylation is 1. The number of rotatable bonds is 6. The normalized spacial score (nSPS) is 10.7. The summed E-state index contributed by atoms with van der Waals surface area (Å²) >= 11 is 0. The van der Waals surface area contributed by atoms with Gasteiger partial charge >= 0.3 is 11.6 Å². The van der Waals surface area contributed by atoms with E-state index in [4.69, 9.17) is 18.6 Å². The molecular weight excluding hydrogens is 408 g/mol. The van der Waals surface area contributed by atoms with Gasteiger partial charge in [-0.3, -0.25) is 4.79 Å². The highest BCUT2D eigenvalue weighted by Crippen LogP contribution is 2.34. The molecule has 0 amide bonds. The Hall–Kier alpha value is -4.06. The lowest BCUT2D eigenvalue weighted by Crippen LogP contribution is -2.11. The third-order valence-electron chi connectivity index (χ3n) is 5.23. The highest BCUT2D eigenvalue weighted by Gasteiger charge is 2.17. The third kappa shape index (κ3) is 4.21. The number of carbonyl (C=O) groups excluding carboxylic acids is 1. The van der Waals surface area contributed by atoms with Crippen LogP contribution in [0.1, 0.15) is 11.1 Å². The number of methoxy groups -OCH3 is 2. The minimum atomic E-state index is -0.491. The zero-order valence-corrected chi connectivity index (χ0v) is 18.0. The first-order chi connectivity index (χ1) is 15.5. The van der Waals surface area contributed by atoms with Gasteiger partial charge in [0.25, 0.3) is 0 Å². The van der Waals surface area contributed by atoms with Crippen LogP contribution in [0.5, 0.6) is 17.2 Å². The van der Waals surface area contributed by atoms with Gasteiger partial charge in [0, 0.05) is 11.5 Å². The molecule has 162 valence electrons. The Morgan fingerprint density at radius 3 is 2.38 bits per heavy atom. The van der Waals surface area contributed by atoms with Gasteiger partial charge < -0.3 is 18.6 Å². The average Bonchev–Trinajstić information content (AvgIpc) is 2.79. The molecule has 1 heterocycles. The number of ether oxygens (including phenoxy) is 3. The molecule has 0 saturated carbocycles. The van der Waals surface area contributed by atoms with E-state index >= 15 is 0 Å². The highest BCUT2D eigenvalue weighted by atomic mass is 16.5. The number of carbonyl (C=O) groups is 1. The van der Waals surface area contributed by atoms with Crippen molar-refractivity contribution in [1.82, 2.24) is 0 Å². The summed E-state index contributed by atoms with van der Waals surface area (Å²) in [4.78, 5) is 25.1. The van der Waals surface area contributed by atoms with Gasteiger partial charge in [0.2, 0.25) is 0 Å². The Labute approximate surface area is 185 Å². The molecule has 1 aromatic heterocycles. The van der Waals surface area contributed by atoms with Gasteiger partial charge in [-0.05, 0) is 47.9 Å². The van der Waals surface area contributed by atoms with E-state index in [1.807, 2.05) is 37.3 Å². The summed E-state index contributed by atoms with van der Waals surface area (Å²) in [6, 6.07) is 19.6. The van der Waals surface area contributed by atoms with Crippen molar-refractivity contribution in [2.24, 2.45) is 0 Å². The SMILES string of the molecule is COc1ccc(-c2c(C)c3ccc(OC(=O)Cc4ccccc4)cc3oc2=O)cc1OC. The van der Waals surface area contributed by atoms with Gasteiger partial charge in [-0.15, -0.1) is 0 Å². The zero-order chi connectivity index (χ0) is 22.7. The molecule has 0 aliphatic carbocycles. The molecule has 0 atom stereocenters. The van der Waals surface area contributed by atoms with Crippen molar-refractivity contribution in [2.45, 2.75) is 13.3 Å². The van der Waals surface area contributed by atoms with E-state index in [-0.39, 0.29) is 6.42 Å². The second kappa shape index (κ2) is 8.98. The molecule has 0 aliphatic heterocycles. The first-order valence-corrected chi connectivity index (χ1v) is 10.0. The van der Waals surface area contributed by atoms with Crippen LogP contribution in [-0.4, -0.2) is 20.2 Å². The molecule has 0 radical (unpaired) electrons. The van der Waals surface area contributed by atoms with Crippen LogP contribution < -0.4 is 19.8 Å².